The van der Waals surface area contributed by atoms with Crippen LogP contribution in [0.2, 0.25) is 0 Å². The average molecular weight is 312 g/mol. The van der Waals surface area contributed by atoms with Crippen molar-refractivity contribution in [1.29, 1.82) is 0 Å². The van der Waals surface area contributed by atoms with Gasteiger partial charge in [-0.15, -0.1) is 0 Å². The van der Waals surface area contributed by atoms with Crippen molar-refractivity contribution in [3.05, 3.63) is 0 Å². The van der Waals surface area contributed by atoms with E-state index in [0.29, 0.717) is 0 Å². The molecule has 0 amide bonds. The van der Waals surface area contributed by atoms with Crippen LogP contribution in [0.15, 0.2) is 0 Å². The van der Waals surface area contributed by atoms with E-state index in [9.17, 15) is 0 Å². The molecule has 0 saturated carbocycles. The fraction of sp³-hybridized carbons (Fsp3) is 1.00. The second-order valence-electron chi connectivity index (χ2n) is 7.30. The number of piperazine rings is 1. The Kier molecular flexibility index (Phi) is 8.75. The number of likely N-dealkylation sites (tertiary alicyclic amines) is 1. The highest BCUT2D eigenvalue weighted by molar-refractivity contribution is 4.77. The van der Waals surface area contributed by atoms with Crippen molar-refractivity contribution in [2.45, 2.75) is 38.5 Å². The van der Waals surface area contributed by atoms with Crippen molar-refractivity contribution in [3.63, 3.8) is 0 Å². The molecular formula is C18H37N3O. The van der Waals surface area contributed by atoms with Crippen molar-refractivity contribution in [2.75, 3.05) is 73.1 Å². The van der Waals surface area contributed by atoms with E-state index in [-0.39, 0.29) is 0 Å². The Morgan fingerprint density at radius 3 is 2.18 bits per heavy atom. The predicted molar refractivity (Wildman–Crippen MR) is 93.4 cm³/mol. The standard InChI is InChI=1S/C18H37N3O/c1-19-12-14-21(15-13-19)17-18-7-10-20(11-8-18)9-5-3-4-6-16-22-2/h18H,3-17H2,1-2H3. The number of unbranched alkanes of at least 4 members (excludes halogenated alkanes) is 3. The third-order valence-electron chi connectivity index (χ3n) is 5.39. The first-order chi connectivity index (χ1) is 10.8. The van der Waals surface area contributed by atoms with Gasteiger partial charge in [-0.25, -0.2) is 0 Å². The summed E-state index contributed by atoms with van der Waals surface area (Å²) in [5, 5.41) is 0. The number of likely N-dealkylation sites (N-methyl/N-ethyl adjacent to an activating group) is 1. The maximum atomic E-state index is 5.10. The summed E-state index contributed by atoms with van der Waals surface area (Å²) in [5.74, 6) is 0.946. The van der Waals surface area contributed by atoms with Gasteiger partial charge >= 0.3 is 0 Å². The SMILES string of the molecule is COCCCCCCN1CCC(CN2CCN(C)CC2)CC1. The summed E-state index contributed by atoms with van der Waals surface area (Å²) in [6.45, 7) is 11.3. The van der Waals surface area contributed by atoms with Gasteiger partial charge in [0.1, 0.15) is 0 Å². The maximum Gasteiger partial charge on any atom is 0.0462 e. The van der Waals surface area contributed by atoms with Crippen molar-refractivity contribution < 1.29 is 4.74 Å². The van der Waals surface area contributed by atoms with Gasteiger partial charge in [0.05, 0.1) is 0 Å². The van der Waals surface area contributed by atoms with Gasteiger partial charge in [-0.2, -0.15) is 0 Å². The van der Waals surface area contributed by atoms with Gasteiger partial charge in [-0.05, 0) is 58.3 Å². The molecule has 0 spiro atoms. The molecule has 0 radical (unpaired) electrons. The van der Waals surface area contributed by atoms with E-state index in [0.717, 1.165) is 12.5 Å². The lowest BCUT2D eigenvalue weighted by molar-refractivity contribution is 0.105. The van der Waals surface area contributed by atoms with Crippen LogP contribution in [0, 0.1) is 5.92 Å². The number of methoxy groups -OCH3 is 1. The monoisotopic (exact) mass is 311 g/mol. The Balaban J connectivity index is 1.49. The van der Waals surface area contributed by atoms with E-state index in [2.05, 4.69) is 21.7 Å². The van der Waals surface area contributed by atoms with Gasteiger partial charge in [0.2, 0.25) is 0 Å². The third kappa shape index (κ3) is 6.95. The third-order valence-corrected chi connectivity index (χ3v) is 5.39. The molecule has 4 nitrogen and oxygen atoms in total. The molecule has 2 saturated heterocycles. The van der Waals surface area contributed by atoms with Crippen LogP contribution in [0.5, 0.6) is 0 Å². The van der Waals surface area contributed by atoms with Gasteiger partial charge < -0.3 is 19.4 Å². The van der Waals surface area contributed by atoms with Crippen molar-refractivity contribution in [1.82, 2.24) is 14.7 Å². The smallest absolute Gasteiger partial charge is 0.0462 e. The van der Waals surface area contributed by atoms with Crippen LogP contribution < -0.4 is 0 Å². The molecule has 0 N–H and O–H groups in total. The van der Waals surface area contributed by atoms with Gasteiger partial charge in [-0.3, -0.25) is 0 Å². The quantitative estimate of drug-likeness (QED) is 0.607. The second kappa shape index (κ2) is 10.6. The lowest BCUT2D eigenvalue weighted by atomic mass is 9.95. The minimum Gasteiger partial charge on any atom is -0.385 e. The van der Waals surface area contributed by atoms with E-state index in [4.69, 9.17) is 4.74 Å². The van der Waals surface area contributed by atoms with Crippen LogP contribution in [0.25, 0.3) is 0 Å². The molecule has 2 rings (SSSR count). The number of hydrogen-bond donors (Lipinski definition) is 0. The van der Waals surface area contributed by atoms with Gasteiger partial charge in [0.25, 0.3) is 0 Å². The molecular weight excluding hydrogens is 274 g/mol. The van der Waals surface area contributed by atoms with Crippen LogP contribution in [-0.2, 0) is 4.74 Å². The first-order valence-electron chi connectivity index (χ1n) is 9.40. The van der Waals surface area contributed by atoms with Crippen LogP contribution in [-0.4, -0.2) is 87.8 Å². The summed E-state index contributed by atoms with van der Waals surface area (Å²) in [5.41, 5.74) is 0. The molecule has 0 aromatic carbocycles. The fourth-order valence-corrected chi connectivity index (χ4v) is 3.72. The number of ether oxygens (including phenoxy) is 1. The Labute approximate surface area is 137 Å². The number of rotatable bonds is 9. The highest BCUT2D eigenvalue weighted by Gasteiger charge is 2.22. The molecule has 0 aliphatic carbocycles. The van der Waals surface area contributed by atoms with Gasteiger partial charge in [0.15, 0.2) is 0 Å². The zero-order chi connectivity index (χ0) is 15.6. The molecule has 2 fully saturated rings. The molecule has 0 aromatic heterocycles. The largest absolute Gasteiger partial charge is 0.385 e. The lowest BCUT2D eigenvalue weighted by Gasteiger charge is -2.38. The second-order valence-corrected chi connectivity index (χ2v) is 7.30. The van der Waals surface area contributed by atoms with Crippen molar-refractivity contribution in [2.24, 2.45) is 5.92 Å². The van der Waals surface area contributed by atoms with Crippen LogP contribution >= 0.6 is 0 Å². The van der Waals surface area contributed by atoms with E-state index in [1.54, 1.807) is 7.11 Å². The zero-order valence-corrected chi connectivity index (χ0v) is 14.9. The average Bonchev–Trinajstić information content (AvgIpc) is 2.54. The number of nitrogens with zero attached hydrogens (tertiary/aromatic N) is 3. The maximum absolute atomic E-state index is 5.10. The summed E-state index contributed by atoms with van der Waals surface area (Å²) in [6.07, 6.45) is 8.11. The minimum atomic E-state index is 0.928. The Hall–Kier alpha value is -0.160. The summed E-state index contributed by atoms with van der Waals surface area (Å²) in [4.78, 5) is 7.83. The Morgan fingerprint density at radius 1 is 0.818 bits per heavy atom. The molecule has 2 aliphatic heterocycles. The van der Waals surface area contributed by atoms with Crippen LogP contribution in [0.3, 0.4) is 0 Å². The summed E-state index contributed by atoms with van der Waals surface area (Å²) in [7, 11) is 4.04. The Bertz CT molecular complexity index is 272. The summed E-state index contributed by atoms with van der Waals surface area (Å²) < 4.78 is 5.10. The highest BCUT2D eigenvalue weighted by Crippen LogP contribution is 2.19. The first-order valence-corrected chi connectivity index (χ1v) is 9.40. The minimum absolute atomic E-state index is 0.928. The molecule has 2 aliphatic rings. The molecule has 22 heavy (non-hydrogen) atoms. The summed E-state index contributed by atoms with van der Waals surface area (Å²) in [6, 6.07) is 0. The van der Waals surface area contributed by atoms with E-state index >= 15 is 0 Å². The predicted octanol–water partition coefficient (Wildman–Crippen LogP) is 2.15. The van der Waals surface area contributed by atoms with Crippen molar-refractivity contribution >= 4 is 0 Å². The molecule has 0 atom stereocenters. The van der Waals surface area contributed by atoms with Crippen molar-refractivity contribution in [3.8, 4) is 0 Å². The van der Waals surface area contributed by atoms with Gasteiger partial charge in [-0.1, -0.05) is 12.8 Å². The van der Waals surface area contributed by atoms with E-state index in [1.807, 2.05) is 0 Å². The van der Waals surface area contributed by atoms with Crippen LogP contribution in [0.4, 0.5) is 0 Å². The molecule has 0 bridgehead atoms. The molecule has 0 unspecified atom stereocenters. The molecule has 130 valence electrons. The highest BCUT2D eigenvalue weighted by atomic mass is 16.5. The Morgan fingerprint density at radius 2 is 1.50 bits per heavy atom. The number of piperidine rings is 1. The molecule has 4 heteroatoms. The lowest BCUT2D eigenvalue weighted by Crippen LogP contribution is -2.47. The van der Waals surface area contributed by atoms with Crippen LogP contribution in [0.1, 0.15) is 38.5 Å². The van der Waals surface area contributed by atoms with E-state index < -0.39 is 0 Å². The molecule has 2 heterocycles. The fourth-order valence-electron chi connectivity index (χ4n) is 3.72. The number of hydrogen-bond acceptors (Lipinski definition) is 4. The molecule has 0 aromatic rings. The first kappa shape index (κ1) is 18.2. The van der Waals surface area contributed by atoms with Gasteiger partial charge in [0, 0.05) is 46.4 Å². The topological polar surface area (TPSA) is 19.0 Å². The zero-order valence-electron chi connectivity index (χ0n) is 14.9. The normalized spacial score (nSPS) is 23.2. The van der Waals surface area contributed by atoms with E-state index in [1.165, 1.54) is 90.9 Å². The summed E-state index contributed by atoms with van der Waals surface area (Å²) >= 11 is 0.